The molecule has 1 aromatic carbocycles. The predicted molar refractivity (Wildman–Crippen MR) is 72.4 cm³/mol. The summed E-state index contributed by atoms with van der Waals surface area (Å²) in [6.45, 7) is 5.75. The molecule has 0 aliphatic carbocycles. The number of methoxy groups -OCH3 is 1. The molecule has 0 radical (unpaired) electrons. The number of benzene rings is 1. The van der Waals surface area contributed by atoms with Gasteiger partial charge in [-0.15, -0.1) is 11.3 Å². The molecule has 1 N–H and O–H groups in total. The highest BCUT2D eigenvalue weighted by molar-refractivity contribution is 7.18. The molecule has 0 saturated heterocycles. The molecule has 0 aliphatic rings. The second kappa shape index (κ2) is 5.12. The zero-order chi connectivity index (χ0) is 12.3. The molecule has 0 fully saturated rings. The van der Waals surface area contributed by atoms with Crippen molar-refractivity contribution in [2.24, 2.45) is 0 Å². The molecule has 1 heterocycles. The van der Waals surface area contributed by atoms with E-state index in [1.54, 1.807) is 18.4 Å². The lowest BCUT2D eigenvalue weighted by atomic mass is 10.1. The summed E-state index contributed by atoms with van der Waals surface area (Å²) in [6, 6.07) is 8.23. The van der Waals surface area contributed by atoms with E-state index in [1.807, 2.05) is 12.1 Å². The molecular weight excluding hydrogens is 232 g/mol. The fraction of sp³-hybridized carbons (Fsp3) is 0.462. The van der Waals surface area contributed by atoms with Crippen molar-refractivity contribution < 1.29 is 4.74 Å². The summed E-state index contributed by atoms with van der Waals surface area (Å²) >= 11 is 1.74. The van der Waals surface area contributed by atoms with E-state index in [-0.39, 0.29) is 5.60 Å². The highest BCUT2D eigenvalue weighted by Gasteiger charge is 2.15. The zero-order valence-corrected chi connectivity index (χ0v) is 11.3. The number of hydrogen-bond donors (Lipinski definition) is 1. The van der Waals surface area contributed by atoms with Crippen LogP contribution in [0.3, 0.4) is 0 Å². The minimum Gasteiger partial charge on any atom is -0.377 e. The maximum atomic E-state index is 5.36. The van der Waals surface area contributed by atoms with Gasteiger partial charge < -0.3 is 10.1 Å². The van der Waals surface area contributed by atoms with Crippen LogP contribution in [0.25, 0.3) is 10.2 Å². The number of fused-ring (bicyclic) bond motifs is 1. The minimum atomic E-state index is -0.128. The molecule has 0 bridgehead atoms. The van der Waals surface area contributed by atoms with Crippen molar-refractivity contribution in [2.75, 3.05) is 13.7 Å². The van der Waals surface area contributed by atoms with Crippen LogP contribution >= 0.6 is 11.3 Å². The Balaban J connectivity index is 1.95. The Morgan fingerprint density at radius 2 is 2.12 bits per heavy atom. The molecule has 0 unspecified atom stereocenters. The topological polar surface area (TPSA) is 34.1 Å². The van der Waals surface area contributed by atoms with Crippen LogP contribution in [0.15, 0.2) is 24.3 Å². The fourth-order valence-corrected chi connectivity index (χ4v) is 2.48. The minimum absolute atomic E-state index is 0.128. The second-order valence-corrected chi connectivity index (χ2v) is 5.76. The van der Waals surface area contributed by atoms with Crippen molar-refractivity contribution in [1.82, 2.24) is 10.3 Å². The molecular formula is C13H18N2OS. The van der Waals surface area contributed by atoms with E-state index in [0.717, 1.165) is 23.6 Å². The molecule has 17 heavy (non-hydrogen) atoms. The monoisotopic (exact) mass is 250 g/mol. The van der Waals surface area contributed by atoms with Crippen molar-refractivity contribution in [3.05, 3.63) is 29.3 Å². The van der Waals surface area contributed by atoms with E-state index in [0.29, 0.717) is 0 Å². The Bertz CT molecular complexity index is 460. The van der Waals surface area contributed by atoms with Gasteiger partial charge in [0, 0.05) is 20.2 Å². The van der Waals surface area contributed by atoms with Crippen molar-refractivity contribution in [1.29, 1.82) is 0 Å². The number of rotatable bonds is 5. The van der Waals surface area contributed by atoms with E-state index in [1.165, 1.54) is 4.70 Å². The van der Waals surface area contributed by atoms with E-state index < -0.39 is 0 Å². The first-order chi connectivity index (χ1) is 8.11. The number of para-hydroxylation sites is 1. The SMILES string of the molecule is COC(C)(C)CNCc1nc2ccccc2s1. The summed E-state index contributed by atoms with van der Waals surface area (Å²) in [7, 11) is 1.74. The second-order valence-electron chi connectivity index (χ2n) is 4.64. The van der Waals surface area contributed by atoms with Crippen LogP contribution in [0.4, 0.5) is 0 Å². The molecule has 2 aromatic rings. The Morgan fingerprint density at radius 1 is 1.35 bits per heavy atom. The number of ether oxygens (including phenoxy) is 1. The Labute approximate surface area is 106 Å². The third-order valence-electron chi connectivity index (χ3n) is 2.72. The Hall–Kier alpha value is -0.970. The first-order valence-electron chi connectivity index (χ1n) is 5.71. The van der Waals surface area contributed by atoms with Crippen LogP contribution in [0.2, 0.25) is 0 Å². The summed E-state index contributed by atoms with van der Waals surface area (Å²) < 4.78 is 6.60. The fourth-order valence-electron chi connectivity index (χ4n) is 1.54. The number of hydrogen-bond acceptors (Lipinski definition) is 4. The molecule has 2 rings (SSSR count). The molecule has 3 nitrogen and oxygen atoms in total. The largest absolute Gasteiger partial charge is 0.377 e. The smallest absolute Gasteiger partial charge is 0.108 e. The van der Waals surface area contributed by atoms with Crippen LogP contribution < -0.4 is 5.32 Å². The maximum Gasteiger partial charge on any atom is 0.108 e. The molecule has 4 heteroatoms. The van der Waals surface area contributed by atoms with Crippen molar-refractivity contribution in [2.45, 2.75) is 26.0 Å². The van der Waals surface area contributed by atoms with Gasteiger partial charge in [-0.1, -0.05) is 12.1 Å². The summed E-state index contributed by atoms with van der Waals surface area (Å²) in [5.41, 5.74) is 0.955. The summed E-state index contributed by atoms with van der Waals surface area (Å²) in [5, 5.41) is 4.50. The van der Waals surface area contributed by atoms with Gasteiger partial charge in [0.05, 0.1) is 15.8 Å². The lowest BCUT2D eigenvalue weighted by Gasteiger charge is -2.22. The summed E-state index contributed by atoms with van der Waals surface area (Å²) in [6.07, 6.45) is 0. The van der Waals surface area contributed by atoms with E-state index >= 15 is 0 Å². The normalized spacial score (nSPS) is 12.2. The molecule has 1 aromatic heterocycles. The average molecular weight is 250 g/mol. The number of nitrogens with one attached hydrogen (secondary N) is 1. The van der Waals surface area contributed by atoms with E-state index in [9.17, 15) is 0 Å². The van der Waals surface area contributed by atoms with Gasteiger partial charge in [0.25, 0.3) is 0 Å². The van der Waals surface area contributed by atoms with Gasteiger partial charge in [-0.05, 0) is 26.0 Å². The van der Waals surface area contributed by atoms with Gasteiger partial charge in [0.1, 0.15) is 5.01 Å². The van der Waals surface area contributed by atoms with E-state index in [2.05, 4.69) is 36.3 Å². The average Bonchev–Trinajstić information content (AvgIpc) is 2.71. The summed E-state index contributed by atoms with van der Waals surface area (Å²) in [5.74, 6) is 0. The predicted octanol–water partition coefficient (Wildman–Crippen LogP) is 2.81. The number of thiazole rings is 1. The molecule has 0 atom stereocenters. The first-order valence-corrected chi connectivity index (χ1v) is 6.53. The van der Waals surface area contributed by atoms with Gasteiger partial charge in [0.2, 0.25) is 0 Å². The Morgan fingerprint density at radius 3 is 2.82 bits per heavy atom. The van der Waals surface area contributed by atoms with Gasteiger partial charge in [0.15, 0.2) is 0 Å². The van der Waals surface area contributed by atoms with E-state index in [4.69, 9.17) is 4.74 Å². The van der Waals surface area contributed by atoms with Crippen molar-refractivity contribution >= 4 is 21.6 Å². The highest BCUT2D eigenvalue weighted by Crippen LogP contribution is 2.21. The number of nitrogens with zero attached hydrogens (tertiary/aromatic N) is 1. The van der Waals surface area contributed by atoms with Gasteiger partial charge in [-0.3, -0.25) is 0 Å². The highest BCUT2D eigenvalue weighted by atomic mass is 32.1. The maximum absolute atomic E-state index is 5.36. The van der Waals surface area contributed by atoms with Crippen LogP contribution in [-0.2, 0) is 11.3 Å². The molecule has 0 amide bonds. The molecule has 0 saturated carbocycles. The number of aromatic nitrogens is 1. The van der Waals surface area contributed by atoms with Gasteiger partial charge in [-0.2, -0.15) is 0 Å². The van der Waals surface area contributed by atoms with Crippen LogP contribution in [0.1, 0.15) is 18.9 Å². The van der Waals surface area contributed by atoms with Gasteiger partial charge in [-0.25, -0.2) is 4.98 Å². The Kier molecular flexibility index (Phi) is 3.76. The third-order valence-corrected chi connectivity index (χ3v) is 3.75. The molecule has 92 valence electrons. The zero-order valence-electron chi connectivity index (χ0n) is 10.5. The van der Waals surface area contributed by atoms with Crippen LogP contribution in [0.5, 0.6) is 0 Å². The standard InChI is InChI=1S/C13H18N2OS/c1-13(2,16-3)9-14-8-12-15-10-6-4-5-7-11(10)17-12/h4-7,14H,8-9H2,1-3H3. The quantitative estimate of drug-likeness (QED) is 0.886. The first kappa shape index (κ1) is 12.5. The van der Waals surface area contributed by atoms with Gasteiger partial charge >= 0.3 is 0 Å². The lowest BCUT2D eigenvalue weighted by molar-refractivity contribution is 0.0231. The lowest BCUT2D eigenvalue weighted by Crippen LogP contribution is -2.36. The van der Waals surface area contributed by atoms with Crippen LogP contribution in [-0.4, -0.2) is 24.2 Å². The van der Waals surface area contributed by atoms with Crippen LogP contribution in [0, 0.1) is 0 Å². The summed E-state index contributed by atoms with van der Waals surface area (Å²) in [4.78, 5) is 4.57. The molecule has 0 spiro atoms. The third kappa shape index (κ3) is 3.25. The van der Waals surface area contributed by atoms with Crippen molar-refractivity contribution in [3.8, 4) is 0 Å². The molecule has 0 aliphatic heterocycles. The van der Waals surface area contributed by atoms with Crippen molar-refractivity contribution in [3.63, 3.8) is 0 Å².